The Labute approximate surface area is 113 Å². The quantitative estimate of drug-likeness (QED) is 0.799. The molecule has 2 fully saturated rings. The number of esters is 1. The number of carbonyl (C=O) groups is 1. The van der Waals surface area contributed by atoms with Crippen molar-refractivity contribution in [1.29, 1.82) is 0 Å². The Hall–Kier alpha value is -1.58. The first-order valence-corrected chi connectivity index (χ1v) is 7.10. The van der Waals surface area contributed by atoms with Gasteiger partial charge in [-0.2, -0.15) is 0 Å². The zero-order chi connectivity index (χ0) is 13.3. The van der Waals surface area contributed by atoms with Crippen LogP contribution in [0.4, 0.5) is 5.82 Å². The summed E-state index contributed by atoms with van der Waals surface area (Å²) in [4.78, 5) is 15.8. The standard InChI is InChI=1S/C15H20N2O2/c1-2-19-14(18)11-3-6-13(16-9-11)17-10-15(7-8-15)12-4-5-12/h3,6,9,12H,2,4-5,7-8,10H2,1H3,(H,16,17). The highest BCUT2D eigenvalue weighted by Crippen LogP contribution is 2.61. The predicted molar refractivity (Wildman–Crippen MR) is 73.1 cm³/mol. The highest BCUT2D eigenvalue weighted by Gasteiger charge is 2.53. The van der Waals surface area contributed by atoms with Crippen molar-refractivity contribution in [3.63, 3.8) is 0 Å². The molecule has 102 valence electrons. The van der Waals surface area contributed by atoms with Crippen molar-refractivity contribution in [3.05, 3.63) is 23.9 Å². The minimum absolute atomic E-state index is 0.307. The van der Waals surface area contributed by atoms with E-state index in [1.54, 1.807) is 19.2 Å². The molecular weight excluding hydrogens is 240 g/mol. The molecule has 2 aliphatic carbocycles. The second kappa shape index (κ2) is 4.83. The van der Waals surface area contributed by atoms with E-state index >= 15 is 0 Å². The molecule has 2 aliphatic rings. The van der Waals surface area contributed by atoms with Crippen molar-refractivity contribution in [2.24, 2.45) is 11.3 Å². The van der Waals surface area contributed by atoms with Gasteiger partial charge < -0.3 is 10.1 Å². The normalized spacial score (nSPS) is 19.8. The van der Waals surface area contributed by atoms with E-state index in [9.17, 15) is 4.79 Å². The average molecular weight is 260 g/mol. The maximum Gasteiger partial charge on any atom is 0.339 e. The number of hydrogen-bond acceptors (Lipinski definition) is 4. The third-order valence-electron chi connectivity index (χ3n) is 4.23. The molecule has 1 aromatic heterocycles. The summed E-state index contributed by atoms with van der Waals surface area (Å²) in [5.41, 5.74) is 1.07. The predicted octanol–water partition coefficient (Wildman–Crippen LogP) is 2.86. The lowest BCUT2D eigenvalue weighted by molar-refractivity contribution is 0.0526. The van der Waals surface area contributed by atoms with Gasteiger partial charge in [0.05, 0.1) is 12.2 Å². The topological polar surface area (TPSA) is 51.2 Å². The third kappa shape index (κ3) is 2.72. The Kier molecular flexibility index (Phi) is 3.17. The highest BCUT2D eigenvalue weighted by atomic mass is 16.5. The lowest BCUT2D eigenvalue weighted by atomic mass is 10.0. The fraction of sp³-hybridized carbons (Fsp3) is 0.600. The third-order valence-corrected chi connectivity index (χ3v) is 4.23. The van der Waals surface area contributed by atoms with E-state index in [-0.39, 0.29) is 5.97 Å². The second-order valence-corrected chi connectivity index (χ2v) is 5.64. The molecule has 0 radical (unpaired) electrons. The first kappa shape index (κ1) is 12.5. The van der Waals surface area contributed by atoms with Crippen LogP contribution < -0.4 is 5.32 Å². The van der Waals surface area contributed by atoms with Gasteiger partial charge in [0.2, 0.25) is 0 Å². The van der Waals surface area contributed by atoms with Crippen LogP contribution in [0.25, 0.3) is 0 Å². The number of ether oxygens (including phenoxy) is 1. The Bertz CT molecular complexity index is 462. The summed E-state index contributed by atoms with van der Waals surface area (Å²) in [6.45, 7) is 3.21. The molecule has 2 saturated carbocycles. The molecule has 1 N–H and O–H groups in total. The molecule has 1 aromatic rings. The summed E-state index contributed by atoms with van der Waals surface area (Å²) in [6, 6.07) is 3.62. The summed E-state index contributed by atoms with van der Waals surface area (Å²) in [5.74, 6) is 1.48. The van der Waals surface area contributed by atoms with Gasteiger partial charge in [0.1, 0.15) is 5.82 Å². The van der Waals surface area contributed by atoms with E-state index in [2.05, 4.69) is 10.3 Å². The highest BCUT2D eigenvalue weighted by molar-refractivity contribution is 5.89. The van der Waals surface area contributed by atoms with Crippen molar-refractivity contribution < 1.29 is 9.53 Å². The van der Waals surface area contributed by atoms with E-state index in [0.717, 1.165) is 18.3 Å². The number of nitrogens with zero attached hydrogens (tertiary/aromatic N) is 1. The van der Waals surface area contributed by atoms with Crippen LogP contribution in [0.5, 0.6) is 0 Å². The van der Waals surface area contributed by atoms with Gasteiger partial charge >= 0.3 is 5.97 Å². The Morgan fingerprint density at radius 1 is 1.47 bits per heavy atom. The van der Waals surface area contributed by atoms with Gasteiger partial charge in [-0.05, 0) is 56.1 Å². The molecule has 4 heteroatoms. The van der Waals surface area contributed by atoms with Crippen LogP contribution in [0.3, 0.4) is 0 Å². The van der Waals surface area contributed by atoms with E-state index in [0.29, 0.717) is 17.6 Å². The number of aromatic nitrogens is 1. The van der Waals surface area contributed by atoms with Crippen LogP contribution in [0.1, 0.15) is 43.0 Å². The molecule has 1 heterocycles. The van der Waals surface area contributed by atoms with Crippen LogP contribution in [-0.4, -0.2) is 24.1 Å². The van der Waals surface area contributed by atoms with Gasteiger partial charge in [0, 0.05) is 12.7 Å². The Balaban J connectivity index is 1.55. The van der Waals surface area contributed by atoms with E-state index < -0.39 is 0 Å². The van der Waals surface area contributed by atoms with Crippen molar-refractivity contribution in [2.75, 3.05) is 18.5 Å². The van der Waals surface area contributed by atoms with Crippen molar-refractivity contribution in [1.82, 2.24) is 4.98 Å². The van der Waals surface area contributed by atoms with Crippen molar-refractivity contribution >= 4 is 11.8 Å². The van der Waals surface area contributed by atoms with Gasteiger partial charge in [-0.25, -0.2) is 9.78 Å². The molecule has 0 bridgehead atoms. The minimum atomic E-state index is -0.307. The zero-order valence-corrected chi connectivity index (χ0v) is 11.3. The van der Waals surface area contributed by atoms with Crippen LogP contribution in [0, 0.1) is 11.3 Å². The molecule has 0 amide bonds. The number of nitrogens with one attached hydrogen (secondary N) is 1. The van der Waals surface area contributed by atoms with E-state index in [4.69, 9.17) is 4.74 Å². The summed E-state index contributed by atoms with van der Waals surface area (Å²) >= 11 is 0. The summed E-state index contributed by atoms with van der Waals surface area (Å²) < 4.78 is 4.93. The number of hydrogen-bond donors (Lipinski definition) is 1. The van der Waals surface area contributed by atoms with E-state index in [1.165, 1.54) is 25.7 Å². The fourth-order valence-corrected chi connectivity index (χ4v) is 2.69. The molecule has 3 rings (SSSR count). The minimum Gasteiger partial charge on any atom is -0.462 e. The smallest absolute Gasteiger partial charge is 0.339 e. The number of pyridine rings is 1. The van der Waals surface area contributed by atoms with Gasteiger partial charge in [-0.3, -0.25) is 0 Å². The van der Waals surface area contributed by atoms with Crippen molar-refractivity contribution in [2.45, 2.75) is 32.6 Å². The first-order chi connectivity index (χ1) is 9.23. The van der Waals surface area contributed by atoms with E-state index in [1.807, 2.05) is 6.07 Å². The average Bonchev–Trinajstić information content (AvgIpc) is 3.29. The Morgan fingerprint density at radius 2 is 2.26 bits per heavy atom. The van der Waals surface area contributed by atoms with Gasteiger partial charge in [0.25, 0.3) is 0 Å². The van der Waals surface area contributed by atoms with Crippen LogP contribution in [0.2, 0.25) is 0 Å². The fourth-order valence-electron chi connectivity index (χ4n) is 2.69. The molecular formula is C15H20N2O2. The summed E-state index contributed by atoms with van der Waals surface area (Å²) in [6.07, 6.45) is 7.09. The molecule has 19 heavy (non-hydrogen) atoms. The van der Waals surface area contributed by atoms with Gasteiger partial charge in [0.15, 0.2) is 0 Å². The number of anilines is 1. The van der Waals surface area contributed by atoms with Gasteiger partial charge in [-0.1, -0.05) is 0 Å². The summed E-state index contributed by atoms with van der Waals surface area (Å²) in [5, 5.41) is 3.40. The molecule has 0 atom stereocenters. The number of carbonyl (C=O) groups excluding carboxylic acids is 1. The maximum absolute atomic E-state index is 11.5. The SMILES string of the molecule is CCOC(=O)c1ccc(NCC2(C3CC3)CC2)nc1. The molecule has 0 saturated heterocycles. The van der Waals surface area contributed by atoms with Gasteiger partial charge in [-0.15, -0.1) is 0 Å². The van der Waals surface area contributed by atoms with Crippen LogP contribution >= 0.6 is 0 Å². The molecule has 0 unspecified atom stereocenters. The van der Waals surface area contributed by atoms with Crippen LogP contribution in [0.15, 0.2) is 18.3 Å². The van der Waals surface area contributed by atoms with Crippen LogP contribution in [-0.2, 0) is 4.74 Å². The summed E-state index contributed by atoms with van der Waals surface area (Å²) in [7, 11) is 0. The maximum atomic E-state index is 11.5. The number of rotatable bonds is 6. The lowest BCUT2D eigenvalue weighted by Gasteiger charge is -2.15. The monoisotopic (exact) mass is 260 g/mol. The zero-order valence-electron chi connectivity index (χ0n) is 11.3. The lowest BCUT2D eigenvalue weighted by Crippen LogP contribution is -2.18. The van der Waals surface area contributed by atoms with Crippen molar-refractivity contribution in [3.8, 4) is 0 Å². The molecule has 4 nitrogen and oxygen atoms in total. The largest absolute Gasteiger partial charge is 0.462 e. The molecule has 0 spiro atoms. The molecule has 0 aliphatic heterocycles. The first-order valence-electron chi connectivity index (χ1n) is 7.10. The second-order valence-electron chi connectivity index (χ2n) is 5.64. The molecule has 0 aromatic carbocycles. The Morgan fingerprint density at radius 3 is 2.79 bits per heavy atom.